The molecule has 1 saturated heterocycles. The summed E-state index contributed by atoms with van der Waals surface area (Å²) in [6.45, 7) is 3.00. The van der Waals surface area contributed by atoms with Crippen molar-refractivity contribution in [1.82, 2.24) is 10.2 Å². The van der Waals surface area contributed by atoms with Crippen molar-refractivity contribution in [3.8, 4) is 5.75 Å². The summed E-state index contributed by atoms with van der Waals surface area (Å²) < 4.78 is 34.2. The van der Waals surface area contributed by atoms with Crippen molar-refractivity contribution in [2.45, 2.75) is 26.5 Å². The molecule has 1 aliphatic heterocycles. The number of aliphatic imine (C=N–C) groups is 1. The molecule has 142 valence electrons. The Kier molecular flexibility index (Phi) is 10.0. The zero-order valence-electron chi connectivity index (χ0n) is 14.6. The third-order valence-electron chi connectivity index (χ3n) is 3.86. The molecule has 1 fully saturated rings. The topological polar surface area (TPSA) is 46.1 Å². The van der Waals surface area contributed by atoms with Crippen LogP contribution in [0.2, 0.25) is 0 Å². The number of rotatable bonds is 7. The summed E-state index contributed by atoms with van der Waals surface area (Å²) in [6, 6.07) is 6.65. The molecule has 1 heterocycles. The van der Waals surface area contributed by atoms with E-state index in [-0.39, 0.29) is 29.7 Å². The highest BCUT2D eigenvalue weighted by Crippen LogP contribution is 2.18. The molecule has 0 aromatic heterocycles. The first kappa shape index (κ1) is 21.9. The number of likely N-dealkylation sites (tertiary alicyclic amines) is 1. The average molecular weight is 469 g/mol. The van der Waals surface area contributed by atoms with E-state index in [9.17, 15) is 8.78 Å². The minimum atomic E-state index is -2.82. The molecular formula is C17H26F2IN3O2. The van der Waals surface area contributed by atoms with Gasteiger partial charge in [-0.15, -0.1) is 24.0 Å². The quantitative estimate of drug-likeness (QED) is 0.378. The molecule has 25 heavy (non-hydrogen) atoms. The lowest BCUT2D eigenvalue weighted by molar-refractivity contribution is -0.0498. The lowest BCUT2D eigenvalue weighted by Crippen LogP contribution is -2.40. The fraction of sp³-hybridized carbons (Fsp3) is 0.588. The molecule has 1 aliphatic rings. The van der Waals surface area contributed by atoms with Crippen LogP contribution in [0.3, 0.4) is 0 Å². The predicted octanol–water partition coefficient (Wildman–Crippen LogP) is 3.34. The number of halogens is 3. The van der Waals surface area contributed by atoms with Crippen LogP contribution in [0, 0.1) is 5.92 Å². The third-order valence-corrected chi connectivity index (χ3v) is 3.86. The zero-order chi connectivity index (χ0) is 17.4. The van der Waals surface area contributed by atoms with Gasteiger partial charge in [-0.05, 0) is 31.0 Å². The van der Waals surface area contributed by atoms with E-state index in [1.54, 1.807) is 19.2 Å². The van der Waals surface area contributed by atoms with E-state index in [2.05, 4.69) is 19.9 Å². The van der Waals surface area contributed by atoms with E-state index in [0.717, 1.165) is 44.2 Å². The molecule has 1 aromatic rings. The van der Waals surface area contributed by atoms with Crippen LogP contribution in [-0.4, -0.2) is 50.8 Å². The maximum Gasteiger partial charge on any atom is 0.387 e. The van der Waals surface area contributed by atoms with E-state index < -0.39 is 6.61 Å². The standard InChI is InChI=1S/C17H25F2N3O2.HI/c1-3-20-17(22-8-7-14(11-22)12-23-2)21-10-13-5-4-6-15(9-13)24-16(18)19;/h4-6,9,14,16H,3,7-8,10-12H2,1-2H3,(H,20,21);1H. The Labute approximate surface area is 164 Å². The Balaban J connectivity index is 0.00000312. The Hall–Kier alpha value is -1.16. The number of nitrogens with zero attached hydrogens (tertiary/aromatic N) is 2. The van der Waals surface area contributed by atoms with Gasteiger partial charge in [0.15, 0.2) is 5.96 Å². The summed E-state index contributed by atoms with van der Waals surface area (Å²) in [4.78, 5) is 6.84. The number of methoxy groups -OCH3 is 1. The normalized spacial score (nSPS) is 17.6. The van der Waals surface area contributed by atoms with Crippen LogP contribution in [-0.2, 0) is 11.3 Å². The van der Waals surface area contributed by atoms with Crippen molar-refractivity contribution in [1.29, 1.82) is 0 Å². The van der Waals surface area contributed by atoms with Gasteiger partial charge >= 0.3 is 6.61 Å². The van der Waals surface area contributed by atoms with Crippen molar-refractivity contribution >= 4 is 29.9 Å². The number of nitrogens with one attached hydrogen (secondary N) is 1. The lowest BCUT2D eigenvalue weighted by atomic mass is 10.1. The number of hydrogen-bond donors (Lipinski definition) is 1. The molecule has 0 amide bonds. The van der Waals surface area contributed by atoms with Gasteiger partial charge in [-0.2, -0.15) is 8.78 Å². The highest BCUT2D eigenvalue weighted by atomic mass is 127. The second-order valence-corrected chi connectivity index (χ2v) is 5.75. The fourth-order valence-electron chi connectivity index (χ4n) is 2.81. The summed E-state index contributed by atoms with van der Waals surface area (Å²) in [5.74, 6) is 1.52. The number of benzene rings is 1. The molecule has 0 radical (unpaired) electrons. The van der Waals surface area contributed by atoms with Crippen LogP contribution in [0.1, 0.15) is 18.9 Å². The second-order valence-electron chi connectivity index (χ2n) is 5.75. The van der Waals surface area contributed by atoms with Crippen LogP contribution < -0.4 is 10.1 Å². The Morgan fingerprint density at radius 1 is 1.44 bits per heavy atom. The van der Waals surface area contributed by atoms with Crippen molar-refractivity contribution < 1.29 is 18.3 Å². The van der Waals surface area contributed by atoms with Crippen LogP contribution in [0.4, 0.5) is 8.78 Å². The highest BCUT2D eigenvalue weighted by molar-refractivity contribution is 14.0. The van der Waals surface area contributed by atoms with Gasteiger partial charge in [0.25, 0.3) is 0 Å². The minimum absolute atomic E-state index is 0. The summed E-state index contributed by atoms with van der Waals surface area (Å²) in [5, 5.41) is 3.29. The molecule has 1 unspecified atom stereocenters. The van der Waals surface area contributed by atoms with E-state index in [4.69, 9.17) is 4.74 Å². The maximum absolute atomic E-state index is 12.3. The molecule has 0 saturated carbocycles. The molecule has 0 spiro atoms. The monoisotopic (exact) mass is 469 g/mol. The largest absolute Gasteiger partial charge is 0.435 e. The van der Waals surface area contributed by atoms with Gasteiger partial charge in [-0.25, -0.2) is 4.99 Å². The molecule has 5 nitrogen and oxygen atoms in total. The van der Waals surface area contributed by atoms with Crippen LogP contribution in [0.5, 0.6) is 5.75 Å². The maximum atomic E-state index is 12.3. The molecular weight excluding hydrogens is 443 g/mol. The molecule has 1 N–H and O–H groups in total. The van der Waals surface area contributed by atoms with Gasteiger partial charge in [-0.3, -0.25) is 0 Å². The first-order valence-electron chi connectivity index (χ1n) is 8.18. The van der Waals surface area contributed by atoms with Crippen molar-refractivity contribution in [3.63, 3.8) is 0 Å². The number of hydrogen-bond acceptors (Lipinski definition) is 3. The van der Waals surface area contributed by atoms with Gasteiger partial charge in [0.2, 0.25) is 0 Å². The van der Waals surface area contributed by atoms with E-state index >= 15 is 0 Å². The van der Waals surface area contributed by atoms with Gasteiger partial charge in [-0.1, -0.05) is 12.1 Å². The molecule has 0 aliphatic carbocycles. The predicted molar refractivity (Wildman–Crippen MR) is 105 cm³/mol. The van der Waals surface area contributed by atoms with Crippen molar-refractivity contribution in [2.24, 2.45) is 10.9 Å². The van der Waals surface area contributed by atoms with Gasteiger partial charge in [0.1, 0.15) is 5.75 Å². The Morgan fingerprint density at radius 3 is 2.92 bits per heavy atom. The molecule has 8 heteroatoms. The van der Waals surface area contributed by atoms with Crippen molar-refractivity contribution in [2.75, 3.05) is 33.4 Å². The van der Waals surface area contributed by atoms with Gasteiger partial charge < -0.3 is 19.7 Å². The smallest absolute Gasteiger partial charge is 0.387 e. The zero-order valence-corrected chi connectivity index (χ0v) is 16.9. The number of ether oxygens (including phenoxy) is 2. The molecule has 1 aromatic carbocycles. The Bertz CT molecular complexity index is 546. The van der Waals surface area contributed by atoms with Crippen molar-refractivity contribution in [3.05, 3.63) is 29.8 Å². The molecule has 1 atom stereocenters. The number of alkyl halides is 2. The first-order chi connectivity index (χ1) is 11.6. The highest BCUT2D eigenvalue weighted by Gasteiger charge is 2.24. The molecule has 2 rings (SSSR count). The summed E-state index contributed by atoms with van der Waals surface area (Å²) in [6.07, 6.45) is 1.08. The third kappa shape index (κ3) is 7.31. The molecule has 0 bridgehead atoms. The number of guanidine groups is 1. The fourth-order valence-corrected chi connectivity index (χ4v) is 2.81. The first-order valence-corrected chi connectivity index (χ1v) is 8.18. The lowest BCUT2D eigenvalue weighted by Gasteiger charge is -2.21. The van der Waals surface area contributed by atoms with Crippen LogP contribution >= 0.6 is 24.0 Å². The minimum Gasteiger partial charge on any atom is -0.435 e. The van der Waals surface area contributed by atoms with Crippen LogP contribution in [0.15, 0.2) is 29.3 Å². The van der Waals surface area contributed by atoms with Crippen LogP contribution in [0.25, 0.3) is 0 Å². The van der Waals surface area contributed by atoms with E-state index in [1.807, 2.05) is 13.0 Å². The average Bonchev–Trinajstić information content (AvgIpc) is 3.00. The summed E-state index contributed by atoms with van der Waals surface area (Å²) in [7, 11) is 1.72. The summed E-state index contributed by atoms with van der Waals surface area (Å²) >= 11 is 0. The summed E-state index contributed by atoms with van der Waals surface area (Å²) in [5.41, 5.74) is 0.830. The van der Waals surface area contributed by atoms with Gasteiger partial charge in [0.05, 0.1) is 13.2 Å². The SMILES string of the molecule is CCNC(=NCc1cccc(OC(F)F)c1)N1CCC(COC)C1.I. The van der Waals surface area contributed by atoms with Gasteiger partial charge in [0, 0.05) is 32.7 Å². The van der Waals surface area contributed by atoms with E-state index in [1.165, 1.54) is 6.07 Å². The Morgan fingerprint density at radius 2 is 2.24 bits per heavy atom. The second kappa shape index (κ2) is 11.5. The van der Waals surface area contributed by atoms with E-state index in [0.29, 0.717) is 12.5 Å².